The van der Waals surface area contributed by atoms with Crippen molar-refractivity contribution >= 4 is 21.6 Å². The van der Waals surface area contributed by atoms with E-state index in [2.05, 4.69) is 20.9 Å². The average Bonchev–Trinajstić information content (AvgIpc) is 2.22. The summed E-state index contributed by atoms with van der Waals surface area (Å²) in [5, 5.41) is 0. The Labute approximate surface area is 102 Å². The van der Waals surface area contributed by atoms with Crippen LogP contribution < -0.4 is 10.5 Å². The number of benzene rings is 1. The van der Waals surface area contributed by atoms with Crippen LogP contribution in [0.1, 0.15) is 5.56 Å². The highest BCUT2D eigenvalue weighted by Crippen LogP contribution is 2.29. The third-order valence-corrected chi connectivity index (χ3v) is 2.68. The zero-order valence-electron chi connectivity index (χ0n) is 8.77. The van der Waals surface area contributed by atoms with Crippen molar-refractivity contribution in [2.24, 2.45) is 0 Å². The largest absolute Gasteiger partial charge is 0.438 e. The van der Waals surface area contributed by atoms with Crippen molar-refractivity contribution in [3.63, 3.8) is 0 Å². The number of nitrogens with two attached hydrogens (primary N) is 1. The molecule has 0 unspecified atom stereocenters. The molecule has 3 nitrogen and oxygen atoms in total. The number of hydrogen-bond acceptors (Lipinski definition) is 3. The highest BCUT2D eigenvalue weighted by Gasteiger charge is 2.03. The Balaban J connectivity index is 2.27. The van der Waals surface area contributed by atoms with Gasteiger partial charge in [0.2, 0.25) is 5.88 Å². The average molecular weight is 279 g/mol. The Morgan fingerprint density at radius 3 is 2.75 bits per heavy atom. The van der Waals surface area contributed by atoms with Crippen LogP contribution >= 0.6 is 15.9 Å². The topological polar surface area (TPSA) is 48.1 Å². The lowest BCUT2D eigenvalue weighted by molar-refractivity contribution is 0.460. The Kier molecular flexibility index (Phi) is 3.10. The first kappa shape index (κ1) is 11.0. The minimum atomic E-state index is 0.490. The molecule has 16 heavy (non-hydrogen) atoms. The van der Waals surface area contributed by atoms with E-state index in [0.29, 0.717) is 11.6 Å². The van der Waals surface area contributed by atoms with E-state index in [1.165, 1.54) is 5.56 Å². The lowest BCUT2D eigenvalue weighted by Crippen LogP contribution is -1.91. The van der Waals surface area contributed by atoms with Crippen LogP contribution in [-0.2, 0) is 0 Å². The van der Waals surface area contributed by atoms with Crippen molar-refractivity contribution in [2.75, 3.05) is 5.73 Å². The third kappa shape index (κ3) is 2.52. The predicted molar refractivity (Wildman–Crippen MR) is 67.6 cm³/mol. The van der Waals surface area contributed by atoms with E-state index in [1.807, 2.05) is 25.1 Å². The van der Waals surface area contributed by atoms with Crippen molar-refractivity contribution in [1.29, 1.82) is 0 Å². The maximum absolute atomic E-state index is 5.64. The first-order chi connectivity index (χ1) is 7.65. The van der Waals surface area contributed by atoms with E-state index in [0.717, 1.165) is 10.2 Å². The van der Waals surface area contributed by atoms with Gasteiger partial charge in [0.25, 0.3) is 0 Å². The molecule has 0 aliphatic rings. The molecule has 2 aromatic rings. The number of aryl methyl sites for hydroxylation is 1. The summed E-state index contributed by atoms with van der Waals surface area (Å²) in [6.07, 6.45) is 1.62. The van der Waals surface area contributed by atoms with Gasteiger partial charge in [-0.25, -0.2) is 4.98 Å². The summed E-state index contributed by atoms with van der Waals surface area (Å²) in [6.45, 7) is 2.02. The molecule has 1 heterocycles. The van der Waals surface area contributed by atoms with Crippen LogP contribution in [0.25, 0.3) is 0 Å². The van der Waals surface area contributed by atoms with E-state index in [4.69, 9.17) is 10.5 Å². The van der Waals surface area contributed by atoms with Gasteiger partial charge in [0.15, 0.2) is 0 Å². The number of nitrogen functional groups attached to an aromatic ring is 1. The number of nitrogens with zero attached hydrogens (tertiary/aromatic N) is 1. The molecule has 82 valence electrons. The molecule has 1 aromatic carbocycles. The first-order valence-electron chi connectivity index (χ1n) is 4.81. The number of ether oxygens (including phenoxy) is 1. The van der Waals surface area contributed by atoms with Crippen molar-refractivity contribution in [2.45, 2.75) is 6.92 Å². The molecule has 0 radical (unpaired) electrons. The number of rotatable bonds is 2. The summed E-state index contributed by atoms with van der Waals surface area (Å²) >= 11 is 3.44. The molecule has 0 aliphatic carbocycles. The fourth-order valence-corrected chi connectivity index (χ4v) is 1.86. The molecule has 1 aromatic heterocycles. The molecular weight excluding hydrogens is 268 g/mol. The molecule has 2 rings (SSSR count). The number of hydrogen-bond donors (Lipinski definition) is 1. The van der Waals surface area contributed by atoms with Gasteiger partial charge in [0.05, 0.1) is 4.47 Å². The van der Waals surface area contributed by atoms with Crippen molar-refractivity contribution in [3.05, 3.63) is 46.6 Å². The maximum Gasteiger partial charge on any atom is 0.221 e. The van der Waals surface area contributed by atoms with Crippen LogP contribution in [0.15, 0.2) is 41.0 Å². The molecular formula is C12H11BrN2O. The molecule has 0 atom stereocenters. The number of pyridine rings is 1. The summed E-state index contributed by atoms with van der Waals surface area (Å²) < 4.78 is 6.51. The van der Waals surface area contributed by atoms with Gasteiger partial charge in [-0.1, -0.05) is 6.07 Å². The molecule has 0 aliphatic heterocycles. The molecule has 0 amide bonds. The molecule has 0 spiro atoms. The van der Waals surface area contributed by atoms with Crippen molar-refractivity contribution < 1.29 is 4.74 Å². The van der Waals surface area contributed by atoms with Gasteiger partial charge in [-0.3, -0.25) is 0 Å². The van der Waals surface area contributed by atoms with E-state index in [1.54, 1.807) is 18.3 Å². The first-order valence-corrected chi connectivity index (χ1v) is 5.60. The van der Waals surface area contributed by atoms with Crippen LogP contribution in [-0.4, -0.2) is 4.98 Å². The second-order valence-electron chi connectivity index (χ2n) is 3.46. The fraction of sp³-hybridized carbons (Fsp3) is 0.0833. The lowest BCUT2D eigenvalue weighted by atomic mass is 10.2. The van der Waals surface area contributed by atoms with Crippen LogP contribution in [0, 0.1) is 6.92 Å². The van der Waals surface area contributed by atoms with Gasteiger partial charge in [-0.05, 0) is 46.6 Å². The van der Waals surface area contributed by atoms with Crippen LogP contribution in [0.5, 0.6) is 11.6 Å². The fourth-order valence-electron chi connectivity index (χ4n) is 1.28. The van der Waals surface area contributed by atoms with Gasteiger partial charge in [-0.2, -0.15) is 0 Å². The minimum absolute atomic E-state index is 0.490. The SMILES string of the molecule is Cc1ccc(Oc2cc(N)ccn2)c(Br)c1. The summed E-state index contributed by atoms with van der Waals surface area (Å²) in [5.74, 6) is 1.22. The normalized spacial score (nSPS) is 10.1. The van der Waals surface area contributed by atoms with Crippen LogP contribution in [0.4, 0.5) is 5.69 Å². The quantitative estimate of drug-likeness (QED) is 0.914. The van der Waals surface area contributed by atoms with Gasteiger partial charge in [0.1, 0.15) is 5.75 Å². The standard InChI is InChI=1S/C12H11BrN2O/c1-8-2-3-11(10(13)6-8)16-12-7-9(14)4-5-15-12/h2-7H,1H3,(H2,14,15). The summed E-state index contributed by atoms with van der Waals surface area (Å²) in [4.78, 5) is 4.08. The van der Waals surface area contributed by atoms with E-state index < -0.39 is 0 Å². The van der Waals surface area contributed by atoms with E-state index in [-0.39, 0.29) is 0 Å². The molecule has 0 saturated heterocycles. The number of halogens is 1. The van der Waals surface area contributed by atoms with Gasteiger partial charge in [-0.15, -0.1) is 0 Å². The van der Waals surface area contributed by atoms with Crippen molar-refractivity contribution in [3.8, 4) is 11.6 Å². The van der Waals surface area contributed by atoms with Crippen LogP contribution in [0.2, 0.25) is 0 Å². The summed E-state index contributed by atoms with van der Waals surface area (Å²) in [7, 11) is 0. The number of aromatic nitrogens is 1. The maximum atomic E-state index is 5.64. The number of anilines is 1. The molecule has 2 N–H and O–H groups in total. The predicted octanol–water partition coefficient (Wildman–Crippen LogP) is 3.53. The Bertz CT molecular complexity index is 514. The Morgan fingerprint density at radius 2 is 2.06 bits per heavy atom. The van der Waals surface area contributed by atoms with E-state index >= 15 is 0 Å². The highest BCUT2D eigenvalue weighted by atomic mass is 79.9. The minimum Gasteiger partial charge on any atom is -0.438 e. The zero-order valence-corrected chi connectivity index (χ0v) is 10.4. The summed E-state index contributed by atoms with van der Waals surface area (Å²) in [5.41, 5.74) is 7.44. The molecule has 4 heteroatoms. The highest BCUT2D eigenvalue weighted by molar-refractivity contribution is 9.10. The summed E-state index contributed by atoms with van der Waals surface area (Å²) in [6, 6.07) is 9.27. The Morgan fingerprint density at radius 1 is 1.25 bits per heavy atom. The molecule has 0 bridgehead atoms. The second-order valence-corrected chi connectivity index (χ2v) is 4.32. The lowest BCUT2D eigenvalue weighted by Gasteiger charge is -2.07. The monoisotopic (exact) mass is 278 g/mol. The molecule has 0 fully saturated rings. The van der Waals surface area contributed by atoms with E-state index in [9.17, 15) is 0 Å². The van der Waals surface area contributed by atoms with Gasteiger partial charge < -0.3 is 10.5 Å². The third-order valence-electron chi connectivity index (χ3n) is 2.06. The molecule has 0 saturated carbocycles. The second kappa shape index (κ2) is 4.53. The van der Waals surface area contributed by atoms with Gasteiger partial charge >= 0.3 is 0 Å². The smallest absolute Gasteiger partial charge is 0.221 e. The Hall–Kier alpha value is -1.55. The van der Waals surface area contributed by atoms with Crippen molar-refractivity contribution in [1.82, 2.24) is 4.98 Å². The van der Waals surface area contributed by atoms with Crippen LogP contribution in [0.3, 0.4) is 0 Å². The van der Waals surface area contributed by atoms with Gasteiger partial charge in [0, 0.05) is 18.0 Å². The zero-order chi connectivity index (χ0) is 11.5.